The molecule has 1 aromatic carbocycles. The summed E-state index contributed by atoms with van der Waals surface area (Å²) in [7, 11) is 1.16. The van der Waals surface area contributed by atoms with Gasteiger partial charge in [0.25, 0.3) is 5.70 Å². The Morgan fingerprint density at radius 1 is 1.50 bits per heavy atom. The molecule has 0 heterocycles. The molecule has 1 aromatic rings. The SMILES string of the molecule is [C-]#[N+]/C(C(=O)OC)=C(/Br)c1ccccc1F. The molecule has 0 saturated carbocycles. The van der Waals surface area contributed by atoms with Gasteiger partial charge in [0, 0.05) is 10.0 Å². The van der Waals surface area contributed by atoms with Crippen LogP contribution >= 0.6 is 15.9 Å². The third-order valence-corrected chi connectivity index (χ3v) is 2.61. The van der Waals surface area contributed by atoms with Crippen LogP contribution in [0.4, 0.5) is 4.39 Å². The summed E-state index contributed by atoms with van der Waals surface area (Å²) in [6.45, 7) is 6.86. The number of ether oxygens (including phenoxy) is 1. The van der Waals surface area contributed by atoms with Crippen molar-refractivity contribution in [1.29, 1.82) is 0 Å². The Kier molecular flexibility index (Phi) is 4.20. The predicted octanol–water partition coefficient (Wildman–Crippen LogP) is 2.98. The first-order valence-corrected chi connectivity index (χ1v) is 5.01. The van der Waals surface area contributed by atoms with Gasteiger partial charge in [0.05, 0.1) is 13.7 Å². The van der Waals surface area contributed by atoms with Crippen molar-refractivity contribution >= 4 is 26.4 Å². The third-order valence-electron chi connectivity index (χ3n) is 1.81. The molecular weight excluding hydrogens is 277 g/mol. The van der Waals surface area contributed by atoms with Crippen LogP contribution in [0.25, 0.3) is 9.33 Å². The molecule has 0 spiro atoms. The fourth-order valence-corrected chi connectivity index (χ4v) is 1.62. The number of carbonyl (C=O) groups is 1. The van der Waals surface area contributed by atoms with Crippen molar-refractivity contribution in [1.82, 2.24) is 0 Å². The van der Waals surface area contributed by atoms with Crippen molar-refractivity contribution in [3.05, 3.63) is 52.8 Å². The van der Waals surface area contributed by atoms with E-state index in [1.807, 2.05) is 0 Å². The molecule has 0 atom stereocenters. The average molecular weight is 284 g/mol. The Bertz CT molecular complexity index is 491. The molecule has 0 bridgehead atoms. The van der Waals surface area contributed by atoms with E-state index in [0.29, 0.717) is 0 Å². The molecule has 82 valence electrons. The maximum atomic E-state index is 13.4. The zero-order valence-electron chi connectivity index (χ0n) is 8.33. The van der Waals surface area contributed by atoms with Crippen LogP contribution in [-0.4, -0.2) is 13.1 Å². The van der Waals surface area contributed by atoms with Gasteiger partial charge in [-0.25, -0.2) is 9.24 Å². The summed E-state index contributed by atoms with van der Waals surface area (Å²) in [4.78, 5) is 14.2. The topological polar surface area (TPSA) is 30.7 Å². The Hall–Kier alpha value is -1.67. The van der Waals surface area contributed by atoms with E-state index in [9.17, 15) is 9.18 Å². The number of hydrogen-bond acceptors (Lipinski definition) is 2. The van der Waals surface area contributed by atoms with E-state index in [-0.39, 0.29) is 15.7 Å². The van der Waals surface area contributed by atoms with Crippen LogP contribution in [0.1, 0.15) is 5.56 Å². The molecule has 0 saturated heterocycles. The third kappa shape index (κ3) is 2.47. The van der Waals surface area contributed by atoms with Crippen LogP contribution in [0, 0.1) is 12.4 Å². The van der Waals surface area contributed by atoms with Crippen LogP contribution in [0.5, 0.6) is 0 Å². The first kappa shape index (κ1) is 12.4. The number of esters is 1. The molecule has 16 heavy (non-hydrogen) atoms. The van der Waals surface area contributed by atoms with Gasteiger partial charge in [-0.05, 0) is 6.07 Å². The number of methoxy groups -OCH3 is 1. The van der Waals surface area contributed by atoms with Gasteiger partial charge >= 0.3 is 5.97 Å². The predicted molar refractivity (Wildman–Crippen MR) is 60.9 cm³/mol. The Morgan fingerprint density at radius 3 is 2.62 bits per heavy atom. The maximum absolute atomic E-state index is 13.4. The largest absolute Gasteiger partial charge is 0.474 e. The van der Waals surface area contributed by atoms with Crippen LogP contribution in [-0.2, 0) is 9.53 Å². The van der Waals surface area contributed by atoms with Crippen molar-refractivity contribution in [3.63, 3.8) is 0 Å². The molecule has 0 unspecified atom stereocenters. The van der Waals surface area contributed by atoms with E-state index < -0.39 is 11.8 Å². The van der Waals surface area contributed by atoms with Crippen LogP contribution in [0.3, 0.4) is 0 Å². The lowest BCUT2D eigenvalue weighted by molar-refractivity contribution is -0.135. The minimum absolute atomic E-state index is 0.0902. The van der Waals surface area contributed by atoms with Crippen molar-refractivity contribution in [3.8, 4) is 0 Å². The normalized spacial score (nSPS) is 11.4. The molecule has 5 heteroatoms. The van der Waals surface area contributed by atoms with Gasteiger partial charge in [0.2, 0.25) is 0 Å². The quantitative estimate of drug-likeness (QED) is 0.475. The number of nitrogens with zero attached hydrogens (tertiary/aromatic N) is 1. The summed E-state index contributed by atoms with van der Waals surface area (Å²) < 4.78 is 17.9. The average Bonchev–Trinajstić information content (AvgIpc) is 2.30. The number of benzene rings is 1. The van der Waals surface area contributed by atoms with Gasteiger partial charge in [-0.3, -0.25) is 4.79 Å². The van der Waals surface area contributed by atoms with Crippen LogP contribution in [0.2, 0.25) is 0 Å². The van der Waals surface area contributed by atoms with E-state index in [4.69, 9.17) is 6.57 Å². The number of carbonyl (C=O) groups excluding carboxylic acids is 1. The smallest absolute Gasteiger partial charge is 0.337 e. The molecule has 1 rings (SSSR count). The summed E-state index contributed by atoms with van der Waals surface area (Å²) in [6, 6.07) is 5.84. The van der Waals surface area contributed by atoms with Crippen molar-refractivity contribution in [2.45, 2.75) is 0 Å². The van der Waals surface area contributed by atoms with Crippen molar-refractivity contribution in [2.24, 2.45) is 0 Å². The van der Waals surface area contributed by atoms with Crippen molar-refractivity contribution < 1.29 is 13.9 Å². The van der Waals surface area contributed by atoms with Gasteiger partial charge in [-0.2, -0.15) is 0 Å². The summed E-state index contributed by atoms with van der Waals surface area (Å²) in [5.74, 6) is -1.32. The minimum Gasteiger partial charge on any atom is -0.474 e. The fraction of sp³-hybridized carbons (Fsp3) is 0.0909. The minimum atomic E-state index is -0.801. The first-order chi connectivity index (χ1) is 7.61. The van der Waals surface area contributed by atoms with E-state index >= 15 is 0 Å². The van der Waals surface area contributed by atoms with Crippen LogP contribution in [0.15, 0.2) is 30.0 Å². The highest BCUT2D eigenvalue weighted by molar-refractivity contribution is 9.15. The Balaban J connectivity index is 3.33. The summed E-state index contributed by atoms with van der Waals surface area (Å²) in [6.07, 6.45) is 0. The highest BCUT2D eigenvalue weighted by Gasteiger charge is 2.18. The molecule has 0 aliphatic carbocycles. The molecular formula is C11H7BrFNO2. The lowest BCUT2D eigenvalue weighted by Crippen LogP contribution is -2.03. The zero-order valence-corrected chi connectivity index (χ0v) is 9.92. The maximum Gasteiger partial charge on any atom is 0.337 e. The standard InChI is InChI=1S/C11H7BrFNO2/c1-14-10(11(15)16-2)9(12)7-5-3-4-6-8(7)13/h3-6H,2H3/b10-9+. The molecule has 0 aromatic heterocycles. The Morgan fingerprint density at radius 2 is 2.12 bits per heavy atom. The first-order valence-electron chi connectivity index (χ1n) is 4.22. The lowest BCUT2D eigenvalue weighted by Gasteiger charge is -2.04. The van der Waals surface area contributed by atoms with Gasteiger partial charge in [-0.1, -0.05) is 34.1 Å². The van der Waals surface area contributed by atoms with Gasteiger partial charge < -0.3 is 4.74 Å². The summed E-state index contributed by atoms with van der Waals surface area (Å²) in [5.41, 5.74) is -0.133. The highest BCUT2D eigenvalue weighted by atomic mass is 79.9. The second-order valence-electron chi connectivity index (χ2n) is 2.75. The van der Waals surface area contributed by atoms with E-state index in [2.05, 4.69) is 25.5 Å². The molecule has 0 aliphatic rings. The molecule has 3 nitrogen and oxygen atoms in total. The second-order valence-corrected chi connectivity index (χ2v) is 3.54. The molecule has 0 N–H and O–H groups in total. The van der Waals surface area contributed by atoms with Crippen molar-refractivity contribution in [2.75, 3.05) is 7.11 Å². The lowest BCUT2D eigenvalue weighted by atomic mass is 10.2. The van der Waals surface area contributed by atoms with Gasteiger partial charge in [-0.15, -0.1) is 0 Å². The summed E-state index contributed by atoms with van der Waals surface area (Å²) in [5, 5.41) is 0. The van der Waals surface area contributed by atoms with Crippen LogP contribution < -0.4 is 0 Å². The van der Waals surface area contributed by atoms with E-state index in [1.165, 1.54) is 18.2 Å². The monoisotopic (exact) mass is 283 g/mol. The molecule has 0 aliphatic heterocycles. The number of halogens is 2. The summed E-state index contributed by atoms with van der Waals surface area (Å²) >= 11 is 3.03. The van der Waals surface area contributed by atoms with E-state index in [1.54, 1.807) is 6.07 Å². The highest BCUT2D eigenvalue weighted by Crippen LogP contribution is 2.28. The van der Waals surface area contributed by atoms with E-state index in [0.717, 1.165) is 7.11 Å². The number of hydrogen-bond donors (Lipinski definition) is 0. The zero-order chi connectivity index (χ0) is 12.1. The van der Waals surface area contributed by atoms with Gasteiger partial charge in [0.1, 0.15) is 5.82 Å². The molecule has 0 radical (unpaired) electrons. The molecule has 0 amide bonds. The fourth-order valence-electron chi connectivity index (χ4n) is 1.05. The number of rotatable bonds is 2. The Labute approximate surface area is 100 Å². The van der Waals surface area contributed by atoms with Gasteiger partial charge in [0.15, 0.2) is 0 Å². The second kappa shape index (κ2) is 5.42. The molecule has 0 fully saturated rings.